The number of amides is 1. The van der Waals surface area contributed by atoms with Crippen molar-refractivity contribution in [2.75, 3.05) is 13.2 Å². The number of phenolic OH excluding ortho intramolecular Hbond substituents is 1. The number of carbonyl (C=O) groups is 1. The van der Waals surface area contributed by atoms with E-state index in [1.165, 1.54) is 0 Å². The Morgan fingerprint density at radius 1 is 1.42 bits per heavy atom. The monoisotopic (exact) mass is 263 g/mol. The molecule has 0 radical (unpaired) electrons. The van der Waals surface area contributed by atoms with Gasteiger partial charge in [0.1, 0.15) is 5.75 Å². The van der Waals surface area contributed by atoms with Crippen LogP contribution in [0.3, 0.4) is 0 Å². The first-order valence-electron chi connectivity index (χ1n) is 6.85. The normalized spacial score (nSPS) is 15.1. The van der Waals surface area contributed by atoms with E-state index in [0.717, 1.165) is 19.3 Å². The average molecular weight is 263 g/mol. The lowest BCUT2D eigenvalue weighted by molar-refractivity contribution is 0.0561. The van der Waals surface area contributed by atoms with Crippen molar-refractivity contribution in [3.05, 3.63) is 29.3 Å². The van der Waals surface area contributed by atoms with Gasteiger partial charge in [-0.3, -0.25) is 4.79 Å². The second-order valence-corrected chi connectivity index (χ2v) is 5.11. The summed E-state index contributed by atoms with van der Waals surface area (Å²) in [4.78, 5) is 14.4. The van der Waals surface area contributed by atoms with Gasteiger partial charge in [0.15, 0.2) is 0 Å². The number of phenols is 1. The highest BCUT2D eigenvalue weighted by atomic mass is 16.3. The summed E-state index contributed by atoms with van der Waals surface area (Å²) in [5.74, 6) is 0.119. The van der Waals surface area contributed by atoms with Crippen LogP contribution >= 0.6 is 0 Å². The highest BCUT2D eigenvalue weighted by molar-refractivity contribution is 5.96. The molecule has 0 spiro atoms. The first-order valence-corrected chi connectivity index (χ1v) is 6.85. The van der Waals surface area contributed by atoms with Crippen molar-refractivity contribution < 1.29 is 15.0 Å². The number of hydrogen-bond acceptors (Lipinski definition) is 3. The number of carbonyl (C=O) groups excluding carboxylic acids is 1. The van der Waals surface area contributed by atoms with Crippen LogP contribution in [0.5, 0.6) is 5.75 Å². The van der Waals surface area contributed by atoms with Crippen molar-refractivity contribution in [2.24, 2.45) is 0 Å². The third-order valence-corrected chi connectivity index (χ3v) is 3.87. The molecule has 0 heterocycles. The number of aromatic hydroxyl groups is 1. The van der Waals surface area contributed by atoms with Crippen LogP contribution < -0.4 is 0 Å². The molecular weight excluding hydrogens is 242 g/mol. The Kier molecular flexibility index (Phi) is 4.43. The second-order valence-electron chi connectivity index (χ2n) is 5.11. The zero-order valence-corrected chi connectivity index (χ0v) is 11.3. The summed E-state index contributed by atoms with van der Waals surface area (Å²) < 4.78 is 0. The Hall–Kier alpha value is -1.55. The van der Waals surface area contributed by atoms with E-state index in [9.17, 15) is 9.90 Å². The zero-order valence-electron chi connectivity index (χ0n) is 11.3. The molecular formula is C15H21NO3. The van der Waals surface area contributed by atoms with Crippen LogP contribution in [0.15, 0.2) is 18.2 Å². The molecule has 1 aliphatic carbocycles. The van der Waals surface area contributed by atoms with Crippen molar-refractivity contribution in [1.82, 2.24) is 4.90 Å². The van der Waals surface area contributed by atoms with Gasteiger partial charge in [-0.1, -0.05) is 6.07 Å². The fourth-order valence-corrected chi connectivity index (χ4v) is 2.40. The molecule has 0 aromatic heterocycles. The summed E-state index contributed by atoms with van der Waals surface area (Å²) in [6.45, 7) is 2.43. The molecule has 1 aliphatic rings. The molecule has 0 saturated heterocycles. The van der Waals surface area contributed by atoms with Crippen molar-refractivity contribution in [3.63, 3.8) is 0 Å². The molecule has 1 saturated carbocycles. The van der Waals surface area contributed by atoms with Crippen LogP contribution in [0.2, 0.25) is 0 Å². The molecule has 2 N–H and O–H groups in total. The number of nitrogens with zero attached hydrogens (tertiary/aromatic N) is 1. The zero-order chi connectivity index (χ0) is 13.8. The van der Waals surface area contributed by atoms with Gasteiger partial charge in [-0.2, -0.15) is 0 Å². The molecule has 1 fully saturated rings. The van der Waals surface area contributed by atoms with Crippen molar-refractivity contribution in [2.45, 2.75) is 38.6 Å². The topological polar surface area (TPSA) is 60.8 Å². The van der Waals surface area contributed by atoms with Gasteiger partial charge < -0.3 is 15.1 Å². The number of benzene rings is 1. The molecule has 1 aromatic carbocycles. The molecule has 19 heavy (non-hydrogen) atoms. The summed E-state index contributed by atoms with van der Waals surface area (Å²) >= 11 is 0. The van der Waals surface area contributed by atoms with Crippen molar-refractivity contribution in [1.29, 1.82) is 0 Å². The Labute approximate surface area is 113 Å². The second kappa shape index (κ2) is 6.06. The quantitative estimate of drug-likeness (QED) is 0.855. The van der Waals surface area contributed by atoms with Crippen LogP contribution in [0.25, 0.3) is 0 Å². The smallest absolute Gasteiger partial charge is 0.254 e. The minimum absolute atomic E-state index is 0.0356. The molecule has 0 atom stereocenters. The lowest BCUT2D eigenvalue weighted by atomic mass is 9.90. The molecule has 0 bridgehead atoms. The van der Waals surface area contributed by atoms with Crippen LogP contribution in [0, 0.1) is 6.92 Å². The van der Waals surface area contributed by atoms with Crippen LogP contribution in [-0.4, -0.2) is 40.2 Å². The summed E-state index contributed by atoms with van der Waals surface area (Å²) in [5.41, 5.74) is 1.19. The minimum Gasteiger partial charge on any atom is -0.508 e. The maximum atomic E-state index is 12.6. The molecule has 0 unspecified atom stereocenters. The predicted octanol–water partition coefficient (Wildman–Crippen LogP) is 2.08. The average Bonchev–Trinajstić information content (AvgIpc) is 2.34. The van der Waals surface area contributed by atoms with E-state index in [2.05, 4.69) is 0 Å². The number of aliphatic hydroxyl groups is 1. The summed E-state index contributed by atoms with van der Waals surface area (Å²) in [6.07, 6.45) is 3.83. The van der Waals surface area contributed by atoms with Gasteiger partial charge in [0.05, 0.1) is 0 Å². The van der Waals surface area contributed by atoms with Gasteiger partial charge in [0.25, 0.3) is 5.91 Å². The van der Waals surface area contributed by atoms with Gasteiger partial charge in [-0.05, 0) is 44.7 Å². The van der Waals surface area contributed by atoms with E-state index in [0.29, 0.717) is 30.1 Å². The van der Waals surface area contributed by atoms with Gasteiger partial charge in [-0.25, -0.2) is 0 Å². The highest BCUT2D eigenvalue weighted by Crippen LogP contribution is 2.28. The third-order valence-electron chi connectivity index (χ3n) is 3.87. The largest absolute Gasteiger partial charge is 0.508 e. The Morgan fingerprint density at radius 3 is 2.74 bits per heavy atom. The minimum atomic E-state index is -0.0356. The SMILES string of the molecule is Cc1c(O)cccc1C(=O)N(CCCO)C1CCC1. The molecule has 0 aliphatic heterocycles. The molecule has 1 amide bonds. The van der Waals surface area contributed by atoms with Gasteiger partial charge in [0.2, 0.25) is 0 Å². The van der Waals surface area contributed by atoms with E-state index in [1.807, 2.05) is 4.90 Å². The molecule has 4 nitrogen and oxygen atoms in total. The maximum absolute atomic E-state index is 12.6. The molecule has 1 aromatic rings. The summed E-state index contributed by atoms with van der Waals surface area (Å²) in [6, 6.07) is 5.33. The molecule has 104 valence electrons. The number of rotatable bonds is 5. The Bertz CT molecular complexity index is 455. The number of hydrogen-bond donors (Lipinski definition) is 2. The molecule has 4 heteroatoms. The van der Waals surface area contributed by atoms with Crippen LogP contribution in [-0.2, 0) is 0 Å². The highest BCUT2D eigenvalue weighted by Gasteiger charge is 2.29. The van der Waals surface area contributed by atoms with E-state index in [1.54, 1.807) is 25.1 Å². The first-order chi connectivity index (χ1) is 9.15. The van der Waals surface area contributed by atoms with Gasteiger partial charge >= 0.3 is 0 Å². The first kappa shape index (κ1) is 13.9. The fourth-order valence-electron chi connectivity index (χ4n) is 2.40. The van der Waals surface area contributed by atoms with E-state index < -0.39 is 0 Å². The van der Waals surface area contributed by atoms with E-state index >= 15 is 0 Å². The van der Waals surface area contributed by atoms with Crippen LogP contribution in [0.1, 0.15) is 41.6 Å². The molecule has 2 rings (SSSR count). The lowest BCUT2D eigenvalue weighted by Crippen LogP contribution is -2.45. The van der Waals surface area contributed by atoms with Gasteiger partial charge in [0, 0.05) is 30.3 Å². The van der Waals surface area contributed by atoms with Crippen LogP contribution in [0.4, 0.5) is 0 Å². The van der Waals surface area contributed by atoms with Gasteiger partial charge in [-0.15, -0.1) is 0 Å². The lowest BCUT2D eigenvalue weighted by Gasteiger charge is -2.38. The third kappa shape index (κ3) is 2.89. The standard InChI is InChI=1S/C15H21NO3/c1-11-13(7-3-8-14(11)18)15(19)16(9-4-10-17)12-5-2-6-12/h3,7-8,12,17-18H,2,4-6,9-10H2,1H3. The predicted molar refractivity (Wildman–Crippen MR) is 73.2 cm³/mol. The Morgan fingerprint density at radius 2 is 2.16 bits per heavy atom. The maximum Gasteiger partial charge on any atom is 0.254 e. The van der Waals surface area contributed by atoms with Crippen molar-refractivity contribution >= 4 is 5.91 Å². The summed E-state index contributed by atoms with van der Waals surface area (Å²) in [7, 11) is 0. The van der Waals surface area contributed by atoms with E-state index in [-0.39, 0.29) is 18.3 Å². The summed E-state index contributed by atoms with van der Waals surface area (Å²) in [5, 5.41) is 18.7. The fraction of sp³-hybridized carbons (Fsp3) is 0.533. The van der Waals surface area contributed by atoms with Crippen molar-refractivity contribution in [3.8, 4) is 5.75 Å². The Balaban J connectivity index is 2.20. The number of aliphatic hydroxyl groups excluding tert-OH is 1. The van der Waals surface area contributed by atoms with E-state index in [4.69, 9.17) is 5.11 Å².